The summed E-state index contributed by atoms with van der Waals surface area (Å²) in [4.78, 5) is 26.7. The SMILES string of the molecule is N#CC1=C(N)OC2=C(C(=O)C[C@H](c3ccccc3)C2)[C@]12C(=O)Nc1ccccc12. The summed E-state index contributed by atoms with van der Waals surface area (Å²) in [7, 11) is 0. The molecule has 2 aromatic carbocycles. The average Bonchev–Trinajstić information content (AvgIpc) is 3.01. The van der Waals surface area contributed by atoms with Crippen molar-refractivity contribution < 1.29 is 14.3 Å². The van der Waals surface area contributed by atoms with Crippen LogP contribution in [-0.2, 0) is 19.7 Å². The van der Waals surface area contributed by atoms with E-state index < -0.39 is 11.3 Å². The van der Waals surface area contributed by atoms with Crippen molar-refractivity contribution in [2.24, 2.45) is 5.73 Å². The number of carbonyl (C=O) groups is 2. The molecule has 142 valence electrons. The van der Waals surface area contributed by atoms with Crippen molar-refractivity contribution in [3.05, 3.63) is 88.5 Å². The molecule has 1 spiro atoms. The lowest BCUT2D eigenvalue weighted by Crippen LogP contribution is -2.47. The zero-order valence-electron chi connectivity index (χ0n) is 15.4. The van der Waals surface area contributed by atoms with Crippen LogP contribution in [0.1, 0.15) is 29.9 Å². The number of nitrogens with one attached hydrogen (secondary N) is 1. The number of ketones is 1. The van der Waals surface area contributed by atoms with Crippen molar-refractivity contribution in [1.29, 1.82) is 5.26 Å². The zero-order chi connectivity index (χ0) is 20.2. The van der Waals surface area contributed by atoms with E-state index in [1.54, 1.807) is 24.3 Å². The molecule has 2 aromatic rings. The van der Waals surface area contributed by atoms with Crippen molar-refractivity contribution in [3.8, 4) is 6.07 Å². The first-order valence-electron chi connectivity index (χ1n) is 9.38. The molecule has 1 amide bonds. The summed E-state index contributed by atoms with van der Waals surface area (Å²) in [6.45, 7) is 0. The molecule has 6 heteroatoms. The van der Waals surface area contributed by atoms with Crippen LogP contribution in [0.4, 0.5) is 5.69 Å². The molecule has 5 rings (SSSR count). The number of nitrogens with two attached hydrogens (primary N) is 1. The normalized spacial score (nSPS) is 25.3. The largest absolute Gasteiger partial charge is 0.444 e. The minimum atomic E-state index is -1.55. The van der Waals surface area contributed by atoms with E-state index in [1.165, 1.54) is 0 Å². The van der Waals surface area contributed by atoms with Gasteiger partial charge in [-0.25, -0.2) is 0 Å². The summed E-state index contributed by atoms with van der Waals surface area (Å²) in [5, 5.41) is 12.7. The van der Waals surface area contributed by atoms with E-state index in [0.717, 1.165) is 5.56 Å². The summed E-state index contributed by atoms with van der Waals surface area (Å²) < 4.78 is 5.78. The van der Waals surface area contributed by atoms with Gasteiger partial charge in [0.1, 0.15) is 22.8 Å². The average molecular weight is 383 g/mol. The summed E-state index contributed by atoms with van der Waals surface area (Å²) in [5.41, 5.74) is 6.91. The minimum absolute atomic E-state index is 0.0368. The van der Waals surface area contributed by atoms with Crippen LogP contribution in [0.5, 0.6) is 0 Å². The number of amides is 1. The molecule has 0 radical (unpaired) electrons. The number of allylic oxidation sites excluding steroid dienone is 1. The van der Waals surface area contributed by atoms with Gasteiger partial charge in [0.25, 0.3) is 0 Å². The predicted octanol–water partition coefficient (Wildman–Crippen LogP) is 3.00. The van der Waals surface area contributed by atoms with Gasteiger partial charge in [-0.05, 0) is 17.5 Å². The number of carbonyl (C=O) groups excluding carboxylic acids is 2. The number of hydrogen-bond donors (Lipinski definition) is 2. The number of nitriles is 1. The second-order valence-corrected chi connectivity index (χ2v) is 7.44. The number of para-hydroxylation sites is 1. The Morgan fingerprint density at radius 1 is 1.07 bits per heavy atom. The highest BCUT2D eigenvalue weighted by Crippen LogP contribution is 2.55. The number of rotatable bonds is 1. The highest BCUT2D eigenvalue weighted by molar-refractivity contribution is 6.19. The molecule has 0 saturated heterocycles. The molecule has 1 aliphatic carbocycles. The van der Waals surface area contributed by atoms with Crippen LogP contribution in [0.25, 0.3) is 0 Å². The van der Waals surface area contributed by atoms with Gasteiger partial charge in [-0.15, -0.1) is 0 Å². The van der Waals surface area contributed by atoms with Crippen molar-refractivity contribution in [1.82, 2.24) is 0 Å². The summed E-state index contributed by atoms with van der Waals surface area (Å²) in [6.07, 6.45) is 0.670. The van der Waals surface area contributed by atoms with Gasteiger partial charge in [0, 0.05) is 24.1 Å². The standard InChI is InChI=1S/C23H17N3O3/c24-12-16-21(25)29-19-11-14(13-6-2-1-3-7-13)10-18(27)20(19)23(16)15-8-4-5-9-17(15)26-22(23)28/h1-9,14H,10-11,25H2,(H,26,28)/t14-,23+/m0/s1. The quantitative estimate of drug-likeness (QED) is 0.788. The van der Waals surface area contributed by atoms with E-state index >= 15 is 0 Å². The predicted molar refractivity (Wildman–Crippen MR) is 105 cm³/mol. The Morgan fingerprint density at radius 3 is 2.55 bits per heavy atom. The Bertz CT molecular complexity index is 1170. The fourth-order valence-corrected chi connectivity index (χ4v) is 4.74. The van der Waals surface area contributed by atoms with Gasteiger partial charge in [0.2, 0.25) is 11.8 Å². The van der Waals surface area contributed by atoms with Crippen molar-refractivity contribution in [2.75, 3.05) is 5.32 Å². The molecule has 3 aliphatic rings. The lowest BCUT2D eigenvalue weighted by atomic mass is 9.63. The molecule has 0 saturated carbocycles. The Labute approximate surface area is 167 Å². The summed E-state index contributed by atoms with van der Waals surface area (Å²) >= 11 is 0. The fraction of sp³-hybridized carbons (Fsp3) is 0.174. The molecule has 2 atom stereocenters. The van der Waals surface area contributed by atoms with Crippen molar-refractivity contribution in [2.45, 2.75) is 24.2 Å². The smallest absolute Gasteiger partial charge is 0.245 e. The molecule has 0 bridgehead atoms. The third-order valence-corrected chi connectivity index (χ3v) is 5.95. The third kappa shape index (κ3) is 2.21. The van der Waals surface area contributed by atoms with Crippen LogP contribution < -0.4 is 11.1 Å². The van der Waals surface area contributed by atoms with Gasteiger partial charge >= 0.3 is 0 Å². The van der Waals surface area contributed by atoms with Gasteiger partial charge in [0.05, 0.1) is 5.57 Å². The van der Waals surface area contributed by atoms with Crippen LogP contribution in [0.15, 0.2) is 77.4 Å². The number of Topliss-reactive ketones (excluding diaryl/α,β-unsaturated/α-hetero) is 1. The highest BCUT2D eigenvalue weighted by Gasteiger charge is 2.60. The minimum Gasteiger partial charge on any atom is -0.444 e. The maximum atomic E-state index is 13.4. The lowest BCUT2D eigenvalue weighted by Gasteiger charge is -2.38. The van der Waals surface area contributed by atoms with Crippen molar-refractivity contribution >= 4 is 17.4 Å². The van der Waals surface area contributed by atoms with Gasteiger partial charge in [0.15, 0.2) is 5.78 Å². The number of fused-ring (bicyclic) bond motifs is 3. The summed E-state index contributed by atoms with van der Waals surface area (Å²) in [5.74, 6) is -0.471. The van der Waals surface area contributed by atoms with Crippen LogP contribution >= 0.6 is 0 Å². The first-order valence-corrected chi connectivity index (χ1v) is 9.38. The monoisotopic (exact) mass is 383 g/mol. The topological polar surface area (TPSA) is 105 Å². The summed E-state index contributed by atoms with van der Waals surface area (Å²) in [6, 6.07) is 18.8. The van der Waals surface area contributed by atoms with Crippen LogP contribution in [-0.4, -0.2) is 11.7 Å². The number of hydrogen-bond acceptors (Lipinski definition) is 5. The van der Waals surface area contributed by atoms with Crippen LogP contribution in [0, 0.1) is 11.3 Å². The van der Waals surface area contributed by atoms with Gasteiger partial charge < -0.3 is 15.8 Å². The van der Waals surface area contributed by atoms with E-state index in [-0.39, 0.29) is 35.2 Å². The Balaban J connectivity index is 1.74. The second kappa shape index (κ2) is 6.08. The number of ether oxygens (including phenoxy) is 1. The fourth-order valence-electron chi connectivity index (χ4n) is 4.74. The molecule has 29 heavy (non-hydrogen) atoms. The maximum absolute atomic E-state index is 13.4. The Kier molecular flexibility index (Phi) is 3.62. The number of benzene rings is 2. The second-order valence-electron chi connectivity index (χ2n) is 7.44. The first kappa shape index (κ1) is 17.3. The first-order chi connectivity index (χ1) is 14.1. The Morgan fingerprint density at radius 2 is 1.79 bits per heavy atom. The maximum Gasteiger partial charge on any atom is 0.245 e. The molecule has 0 aromatic heterocycles. The van der Waals surface area contributed by atoms with Gasteiger partial charge in [-0.3, -0.25) is 9.59 Å². The number of nitrogens with zero attached hydrogens (tertiary/aromatic N) is 1. The molecule has 0 unspecified atom stereocenters. The third-order valence-electron chi connectivity index (χ3n) is 5.95. The molecule has 2 aliphatic heterocycles. The molecule has 3 N–H and O–H groups in total. The van der Waals surface area contributed by atoms with E-state index in [4.69, 9.17) is 10.5 Å². The lowest BCUT2D eigenvalue weighted by molar-refractivity contribution is -0.123. The molecule has 0 fully saturated rings. The van der Waals surface area contributed by atoms with Gasteiger partial charge in [-0.1, -0.05) is 48.5 Å². The van der Waals surface area contributed by atoms with Gasteiger partial charge in [-0.2, -0.15) is 5.26 Å². The van der Waals surface area contributed by atoms with Crippen LogP contribution in [0.2, 0.25) is 0 Å². The molecular formula is C23H17N3O3. The van der Waals surface area contributed by atoms with E-state index in [2.05, 4.69) is 5.32 Å². The van der Waals surface area contributed by atoms with E-state index in [1.807, 2.05) is 36.4 Å². The van der Waals surface area contributed by atoms with E-state index in [0.29, 0.717) is 23.4 Å². The molecular weight excluding hydrogens is 366 g/mol. The highest BCUT2D eigenvalue weighted by atomic mass is 16.5. The Hall–Kier alpha value is -3.85. The van der Waals surface area contributed by atoms with Crippen molar-refractivity contribution in [3.63, 3.8) is 0 Å². The van der Waals surface area contributed by atoms with E-state index in [9.17, 15) is 14.9 Å². The molecule has 2 heterocycles. The van der Waals surface area contributed by atoms with Crippen LogP contribution in [0.3, 0.4) is 0 Å². The number of anilines is 1. The molecule has 6 nitrogen and oxygen atoms in total. The zero-order valence-corrected chi connectivity index (χ0v) is 15.4.